The lowest BCUT2D eigenvalue weighted by atomic mass is 10.0. The third-order valence-electron chi connectivity index (χ3n) is 3.94. The fraction of sp³-hybridized carbons (Fsp3) is 0.150. The van der Waals surface area contributed by atoms with E-state index in [4.69, 9.17) is 4.74 Å². The van der Waals surface area contributed by atoms with Gasteiger partial charge in [0.05, 0.1) is 19.1 Å². The lowest BCUT2D eigenvalue weighted by Crippen LogP contribution is -2.02. The van der Waals surface area contributed by atoms with Crippen LogP contribution in [0.25, 0.3) is 11.1 Å². The fourth-order valence-corrected chi connectivity index (χ4v) is 3.58. The molecule has 0 aliphatic rings. The van der Waals surface area contributed by atoms with E-state index in [2.05, 4.69) is 10.3 Å². The van der Waals surface area contributed by atoms with Crippen LogP contribution in [0.1, 0.15) is 5.56 Å². The Balaban J connectivity index is 1.94. The minimum Gasteiger partial charge on any atom is -0.496 e. The van der Waals surface area contributed by atoms with Gasteiger partial charge in [0.15, 0.2) is 9.84 Å². The first kappa shape index (κ1) is 19.8. The topological polar surface area (TPSA) is 68.3 Å². The van der Waals surface area contributed by atoms with E-state index in [0.717, 1.165) is 12.5 Å². The third-order valence-corrected chi connectivity index (χ3v) is 4.80. The first-order chi connectivity index (χ1) is 13.2. The summed E-state index contributed by atoms with van der Waals surface area (Å²) in [6.45, 7) is 0. The van der Waals surface area contributed by atoms with Crippen molar-refractivity contribution in [3.8, 4) is 16.9 Å². The summed E-state index contributed by atoms with van der Waals surface area (Å²) in [5.74, 6) is -0.611. The van der Waals surface area contributed by atoms with Crippen molar-refractivity contribution in [3.63, 3.8) is 0 Å². The third kappa shape index (κ3) is 4.83. The molecule has 0 bridgehead atoms. The van der Waals surface area contributed by atoms with Crippen LogP contribution in [0, 0.1) is 11.6 Å². The maximum Gasteiger partial charge on any atom is 0.151 e. The molecule has 1 heterocycles. The predicted octanol–water partition coefficient (Wildman–Crippen LogP) is 4.32. The summed E-state index contributed by atoms with van der Waals surface area (Å²) in [7, 11) is -1.79. The average Bonchev–Trinajstić information content (AvgIpc) is 2.62. The van der Waals surface area contributed by atoms with E-state index in [1.807, 2.05) is 0 Å². The predicted molar refractivity (Wildman–Crippen MR) is 104 cm³/mol. The Kier molecular flexibility index (Phi) is 5.60. The Morgan fingerprint density at radius 2 is 1.86 bits per heavy atom. The molecular formula is C20H18F2N2O3S. The van der Waals surface area contributed by atoms with Crippen molar-refractivity contribution >= 4 is 21.3 Å². The highest BCUT2D eigenvalue weighted by molar-refractivity contribution is 7.89. The number of benzene rings is 2. The molecule has 0 unspecified atom stereocenters. The van der Waals surface area contributed by atoms with E-state index in [1.165, 1.54) is 31.4 Å². The van der Waals surface area contributed by atoms with Gasteiger partial charge in [0, 0.05) is 29.1 Å². The second-order valence-corrected chi connectivity index (χ2v) is 8.43. The molecule has 28 heavy (non-hydrogen) atoms. The van der Waals surface area contributed by atoms with Crippen LogP contribution in [0.3, 0.4) is 0 Å². The van der Waals surface area contributed by atoms with Gasteiger partial charge in [-0.15, -0.1) is 0 Å². The largest absolute Gasteiger partial charge is 0.496 e. The van der Waals surface area contributed by atoms with Gasteiger partial charge in [-0.1, -0.05) is 12.1 Å². The molecule has 5 nitrogen and oxygen atoms in total. The van der Waals surface area contributed by atoms with E-state index in [0.29, 0.717) is 22.6 Å². The first-order valence-electron chi connectivity index (χ1n) is 8.28. The molecule has 3 aromatic rings. The Morgan fingerprint density at radius 3 is 2.57 bits per heavy atom. The second-order valence-electron chi connectivity index (χ2n) is 6.29. The van der Waals surface area contributed by atoms with Crippen LogP contribution in [0.2, 0.25) is 0 Å². The molecule has 2 aromatic carbocycles. The lowest BCUT2D eigenvalue weighted by Gasteiger charge is -2.12. The molecule has 0 radical (unpaired) electrons. The quantitative estimate of drug-likeness (QED) is 0.663. The summed E-state index contributed by atoms with van der Waals surface area (Å²) in [6.07, 6.45) is 2.22. The number of methoxy groups -OCH3 is 1. The number of hydrogen-bond acceptors (Lipinski definition) is 5. The molecule has 0 saturated heterocycles. The van der Waals surface area contributed by atoms with E-state index in [-0.39, 0.29) is 17.1 Å². The second kappa shape index (κ2) is 7.93. The lowest BCUT2D eigenvalue weighted by molar-refractivity contribution is 0.412. The van der Waals surface area contributed by atoms with Crippen LogP contribution < -0.4 is 10.1 Å². The highest BCUT2D eigenvalue weighted by Gasteiger charge is 2.14. The maximum absolute atomic E-state index is 14.4. The highest BCUT2D eigenvalue weighted by atomic mass is 32.2. The highest BCUT2D eigenvalue weighted by Crippen LogP contribution is 2.33. The van der Waals surface area contributed by atoms with Crippen molar-refractivity contribution < 1.29 is 21.9 Å². The number of rotatable bonds is 6. The van der Waals surface area contributed by atoms with Gasteiger partial charge in [-0.2, -0.15) is 0 Å². The van der Waals surface area contributed by atoms with E-state index in [9.17, 15) is 17.2 Å². The summed E-state index contributed by atoms with van der Waals surface area (Å²) >= 11 is 0. The number of pyridine rings is 1. The Hall–Kier alpha value is -3.00. The first-order valence-corrected chi connectivity index (χ1v) is 10.3. The summed E-state index contributed by atoms with van der Waals surface area (Å²) in [4.78, 5) is 4.02. The summed E-state index contributed by atoms with van der Waals surface area (Å²) in [5, 5.41) is 3.03. The molecule has 0 saturated carbocycles. The van der Waals surface area contributed by atoms with Crippen LogP contribution in [0.5, 0.6) is 5.75 Å². The zero-order chi connectivity index (χ0) is 20.3. The Morgan fingerprint density at radius 1 is 1.07 bits per heavy atom. The van der Waals surface area contributed by atoms with Crippen molar-refractivity contribution in [2.45, 2.75) is 5.75 Å². The van der Waals surface area contributed by atoms with Crippen LogP contribution in [-0.4, -0.2) is 26.8 Å². The van der Waals surface area contributed by atoms with Crippen molar-refractivity contribution in [1.82, 2.24) is 4.98 Å². The Bertz CT molecular complexity index is 1120. The summed E-state index contributed by atoms with van der Waals surface area (Å²) < 4.78 is 55.9. The van der Waals surface area contributed by atoms with Gasteiger partial charge in [-0.05, 0) is 35.9 Å². The molecule has 0 spiro atoms. The van der Waals surface area contributed by atoms with Crippen LogP contribution in [0.15, 0.2) is 54.7 Å². The number of nitrogens with one attached hydrogen (secondary N) is 1. The Labute approximate surface area is 161 Å². The van der Waals surface area contributed by atoms with Crippen molar-refractivity contribution in [3.05, 3.63) is 71.9 Å². The van der Waals surface area contributed by atoms with Crippen molar-refractivity contribution in [1.29, 1.82) is 0 Å². The minimum absolute atomic E-state index is 0.0859. The van der Waals surface area contributed by atoms with E-state index in [1.54, 1.807) is 24.3 Å². The number of anilines is 2. The van der Waals surface area contributed by atoms with Crippen LogP contribution in [-0.2, 0) is 15.6 Å². The molecule has 146 valence electrons. The molecule has 3 rings (SSSR count). The van der Waals surface area contributed by atoms with Gasteiger partial charge in [0.25, 0.3) is 0 Å². The molecular weight excluding hydrogens is 386 g/mol. The molecule has 8 heteroatoms. The zero-order valence-corrected chi connectivity index (χ0v) is 16.1. The summed E-state index contributed by atoms with van der Waals surface area (Å²) in [5.41, 5.74) is 1.81. The molecule has 0 aliphatic carbocycles. The standard InChI is InChI=1S/C20H18F2N2O3S/c1-27-19-9-14(21)6-7-16(19)17-10-20(23-11-18(17)22)24-15-5-3-4-13(8-15)12-28(2,25)26/h3-11H,12H2,1-2H3,(H,23,24). The van der Waals surface area contributed by atoms with Gasteiger partial charge in [0.1, 0.15) is 23.2 Å². The molecule has 0 amide bonds. The normalized spacial score (nSPS) is 11.3. The summed E-state index contributed by atoms with van der Waals surface area (Å²) in [6, 6.07) is 12.2. The number of ether oxygens (including phenoxy) is 1. The number of aromatic nitrogens is 1. The number of hydrogen-bond donors (Lipinski definition) is 1. The van der Waals surface area contributed by atoms with Gasteiger partial charge in [-0.3, -0.25) is 0 Å². The van der Waals surface area contributed by atoms with Crippen LogP contribution >= 0.6 is 0 Å². The van der Waals surface area contributed by atoms with Crippen LogP contribution in [0.4, 0.5) is 20.3 Å². The van der Waals surface area contributed by atoms with Gasteiger partial charge < -0.3 is 10.1 Å². The molecule has 0 aliphatic heterocycles. The zero-order valence-electron chi connectivity index (χ0n) is 15.2. The fourth-order valence-electron chi connectivity index (χ4n) is 2.79. The molecule has 0 atom stereocenters. The number of nitrogens with zero attached hydrogens (tertiary/aromatic N) is 1. The number of halogens is 2. The smallest absolute Gasteiger partial charge is 0.151 e. The minimum atomic E-state index is -3.16. The maximum atomic E-state index is 14.4. The van der Waals surface area contributed by atoms with Crippen molar-refractivity contribution in [2.75, 3.05) is 18.7 Å². The average molecular weight is 404 g/mol. The molecule has 1 aromatic heterocycles. The SMILES string of the molecule is COc1cc(F)ccc1-c1cc(Nc2cccc(CS(C)(=O)=O)c2)ncc1F. The van der Waals surface area contributed by atoms with Gasteiger partial charge in [-0.25, -0.2) is 22.2 Å². The van der Waals surface area contributed by atoms with E-state index < -0.39 is 21.5 Å². The molecule has 0 fully saturated rings. The van der Waals surface area contributed by atoms with Crippen molar-refractivity contribution in [2.24, 2.45) is 0 Å². The monoisotopic (exact) mass is 404 g/mol. The molecule has 1 N–H and O–H groups in total. The van der Waals surface area contributed by atoms with Gasteiger partial charge >= 0.3 is 0 Å². The number of sulfone groups is 1. The van der Waals surface area contributed by atoms with Gasteiger partial charge in [0.2, 0.25) is 0 Å². The van der Waals surface area contributed by atoms with E-state index >= 15 is 0 Å².